The number of rotatable bonds is 4. The Kier molecular flexibility index (Phi) is 4.95. The second-order valence-corrected chi connectivity index (χ2v) is 1.78. The van der Waals surface area contributed by atoms with Gasteiger partial charge in [-0.25, -0.2) is 0 Å². The maximum absolute atomic E-state index is 5.19. The molecule has 0 saturated heterocycles. The molecule has 0 saturated carbocycles. The van der Waals surface area contributed by atoms with Crippen LogP contribution in [0.1, 0.15) is 6.92 Å². The molecule has 0 radical (unpaired) electrons. The number of hydrogen-bond acceptors (Lipinski definition) is 3. The Balaban J connectivity index is 2.86. The summed E-state index contributed by atoms with van der Waals surface area (Å²) in [6.07, 6.45) is 0. The first-order chi connectivity index (χ1) is 3.81. The summed E-state index contributed by atoms with van der Waals surface area (Å²) >= 11 is 0. The van der Waals surface area contributed by atoms with Crippen molar-refractivity contribution < 1.29 is 0 Å². The third-order valence-electron chi connectivity index (χ3n) is 1.07. The van der Waals surface area contributed by atoms with Crippen LogP contribution in [0.2, 0.25) is 0 Å². The molecule has 3 nitrogen and oxygen atoms in total. The van der Waals surface area contributed by atoms with Crippen molar-refractivity contribution in [3.8, 4) is 0 Å². The van der Waals surface area contributed by atoms with Gasteiger partial charge in [-0.1, -0.05) is 6.92 Å². The first-order valence-corrected chi connectivity index (χ1v) is 2.90. The van der Waals surface area contributed by atoms with E-state index in [1.54, 1.807) is 0 Å². The van der Waals surface area contributed by atoms with Crippen LogP contribution in [-0.4, -0.2) is 31.8 Å². The standard InChI is InChI=1S/C5H15N3/c1-3-8(2)5-7-4-6/h7H,3-6H2,1-2H3. The van der Waals surface area contributed by atoms with Crippen molar-refractivity contribution in [3.63, 3.8) is 0 Å². The molecule has 0 fully saturated rings. The maximum atomic E-state index is 5.19. The van der Waals surface area contributed by atoms with Gasteiger partial charge in [0.25, 0.3) is 0 Å². The molecule has 0 heterocycles. The molecule has 0 amide bonds. The van der Waals surface area contributed by atoms with E-state index in [0.29, 0.717) is 6.67 Å². The molecule has 0 spiro atoms. The molecule has 3 N–H and O–H groups in total. The van der Waals surface area contributed by atoms with Gasteiger partial charge in [-0.2, -0.15) is 0 Å². The number of hydrogen-bond donors (Lipinski definition) is 2. The van der Waals surface area contributed by atoms with E-state index >= 15 is 0 Å². The van der Waals surface area contributed by atoms with Crippen LogP contribution in [0.25, 0.3) is 0 Å². The Hall–Kier alpha value is -0.120. The second-order valence-electron chi connectivity index (χ2n) is 1.78. The summed E-state index contributed by atoms with van der Waals surface area (Å²) in [7, 11) is 2.04. The Morgan fingerprint density at radius 2 is 2.25 bits per heavy atom. The van der Waals surface area contributed by atoms with E-state index in [1.807, 2.05) is 7.05 Å². The first kappa shape index (κ1) is 7.88. The fourth-order valence-electron chi connectivity index (χ4n) is 0.367. The lowest BCUT2D eigenvalue weighted by Gasteiger charge is -2.12. The average Bonchev–Trinajstić information content (AvgIpc) is 1.83. The van der Waals surface area contributed by atoms with Gasteiger partial charge in [-0.3, -0.25) is 10.2 Å². The molecule has 8 heavy (non-hydrogen) atoms. The van der Waals surface area contributed by atoms with Gasteiger partial charge in [-0.15, -0.1) is 0 Å². The molecule has 0 rings (SSSR count). The van der Waals surface area contributed by atoms with Crippen molar-refractivity contribution in [1.29, 1.82) is 0 Å². The van der Waals surface area contributed by atoms with Crippen LogP contribution in [0.4, 0.5) is 0 Å². The lowest BCUT2D eigenvalue weighted by Crippen LogP contribution is -2.34. The molecular formula is C5H15N3. The maximum Gasteiger partial charge on any atom is 0.0487 e. The van der Waals surface area contributed by atoms with Crippen LogP contribution >= 0.6 is 0 Å². The lowest BCUT2D eigenvalue weighted by atomic mass is 10.6. The lowest BCUT2D eigenvalue weighted by molar-refractivity contribution is 0.324. The zero-order valence-electron chi connectivity index (χ0n) is 5.65. The zero-order chi connectivity index (χ0) is 6.41. The molecule has 0 aromatic rings. The summed E-state index contributed by atoms with van der Waals surface area (Å²) in [6.45, 7) is 4.61. The van der Waals surface area contributed by atoms with Crippen molar-refractivity contribution in [3.05, 3.63) is 0 Å². The largest absolute Gasteiger partial charge is 0.318 e. The van der Waals surface area contributed by atoms with Crippen molar-refractivity contribution >= 4 is 0 Å². The summed E-state index contributed by atoms with van der Waals surface area (Å²) in [5.74, 6) is 0. The van der Waals surface area contributed by atoms with Crippen molar-refractivity contribution in [2.45, 2.75) is 6.92 Å². The van der Waals surface area contributed by atoms with Crippen molar-refractivity contribution in [2.24, 2.45) is 5.73 Å². The molecule has 0 bridgehead atoms. The van der Waals surface area contributed by atoms with Gasteiger partial charge in [0.1, 0.15) is 0 Å². The highest BCUT2D eigenvalue weighted by Crippen LogP contribution is 1.72. The van der Waals surface area contributed by atoms with E-state index in [0.717, 1.165) is 13.2 Å². The van der Waals surface area contributed by atoms with Crippen LogP contribution in [0.15, 0.2) is 0 Å². The Bertz CT molecular complexity index is 46.9. The van der Waals surface area contributed by atoms with E-state index in [1.165, 1.54) is 0 Å². The summed E-state index contributed by atoms with van der Waals surface area (Å²) in [5, 5.41) is 3.00. The van der Waals surface area contributed by atoms with Gasteiger partial charge in [0, 0.05) is 13.3 Å². The second kappa shape index (κ2) is 5.03. The monoisotopic (exact) mass is 117 g/mol. The minimum absolute atomic E-state index is 0.560. The van der Waals surface area contributed by atoms with E-state index in [-0.39, 0.29) is 0 Å². The first-order valence-electron chi connectivity index (χ1n) is 2.90. The van der Waals surface area contributed by atoms with Gasteiger partial charge in [0.05, 0.1) is 0 Å². The van der Waals surface area contributed by atoms with Gasteiger partial charge in [-0.05, 0) is 13.6 Å². The third kappa shape index (κ3) is 4.05. The predicted octanol–water partition coefficient (Wildman–Crippen LogP) is -0.599. The molecule has 0 aromatic carbocycles. The predicted molar refractivity (Wildman–Crippen MR) is 35.4 cm³/mol. The van der Waals surface area contributed by atoms with Crippen molar-refractivity contribution in [2.75, 3.05) is 26.9 Å². The number of nitrogens with zero attached hydrogens (tertiary/aromatic N) is 1. The van der Waals surface area contributed by atoms with Gasteiger partial charge in [0.15, 0.2) is 0 Å². The highest BCUT2D eigenvalue weighted by Gasteiger charge is 1.87. The zero-order valence-corrected chi connectivity index (χ0v) is 5.65. The van der Waals surface area contributed by atoms with Gasteiger partial charge < -0.3 is 5.73 Å². The number of nitrogens with one attached hydrogen (secondary N) is 1. The Morgan fingerprint density at radius 1 is 1.62 bits per heavy atom. The smallest absolute Gasteiger partial charge is 0.0487 e. The highest BCUT2D eigenvalue weighted by atomic mass is 15.2. The molecule has 0 aliphatic heterocycles. The quantitative estimate of drug-likeness (QED) is 0.483. The third-order valence-corrected chi connectivity index (χ3v) is 1.07. The topological polar surface area (TPSA) is 41.3 Å². The fourth-order valence-corrected chi connectivity index (χ4v) is 0.367. The molecule has 50 valence electrons. The minimum Gasteiger partial charge on any atom is -0.318 e. The molecule has 0 aliphatic carbocycles. The van der Waals surface area contributed by atoms with E-state index < -0.39 is 0 Å². The molecule has 0 unspecified atom stereocenters. The summed E-state index contributed by atoms with van der Waals surface area (Å²) < 4.78 is 0. The fraction of sp³-hybridized carbons (Fsp3) is 1.00. The normalized spacial score (nSPS) is 10.5. The Labute approximate surface area is 50.8 Å². The van der Waals surface area contributed by atoms with E-state index in [2.05, 4.69) is 17.1 Å². The SMILES string of the molecule is CCN(C)CNCN. The Morgan fingerprint density at radius 3 is 2.62 bits per heavy atom. The molecule has 0 atom stereocenters. The van der Waals surface area contributed by atoms with E-state index in [9.17, 15) is 0 Å². The average molecular weight is 117 g/mol. The van der Waals surface area contributed by atoms with Crippen LogP contribution in [-0.2, 0) is 0 Å². The van der Waals surface area contributed by atoms with E-state index in [4.69, 9.17) is 5.73 Å². The molecule has 0 aromatic heterocycles. The number of nitrogens with two attached hydrogens (primary N) is 1. The van der Waals surface area contributed by atoms with Gasteiger partial charge >= 0.3 is 0 Å². The van der Waals surface area contributed by atoms with Crippen LogP contribution in [0.3, 0.4) is 0 Å². The van der Waals surface area contributed by atoms with Gasteiger partial charge in [0.2, 0.25) is 0 Å². The summed E-state index contributed by atoms with van der Waals surface area (Å²) in [5.41, 5.74) is 5.19. The summed E-state index contributed by atoms with van der Waals surface area (Å²) in [6, 6.07) is 0. The van der Waals surface area contributed by atoms with Crippen LogP contribution < -0.4 is 11.1 Å². The van der Waals surface area contributed by atoms with Crippen LogP contribution in [0.5, 0.6) is 0 Å². The summed E-state index contributed by atoms with van der Waals surface area (Å²) in [4.78, 5) is 2.15. The highest BCUT2D eigenvalue weighted by molar-refractivity contribution is 4.41. The molecule has 0 aliphatic rings. The van der Waals surface area contributed by atoms with Crippen molar-refractivity contribution in [1.82, 2.24) is 10.2 Å². The van der Waals surface area contributed by atoms with Crippen LogP contribution in [0, 0.1) is 0 Å². The molecular weight excluding hydrogens is 102 g/mol. The molecule has 3 heteroatoms. The minimum atomic E-state index is 0.560.